The van der Waals surface area contributed by atoms with Crippen LogP contribution in [0.15, 0.2) is 54.9 Å². The summed E-state index contributed by atoms with van der Waals surface area (Å²) < 4.78 is 7.17. The van der Waals surface area contributed by atoms with Crippen LogP contribution in [-0.4, -0.2) is 26.6 Å². The van der Waals surface area contributed by atoms with Crippen LogP contribution in [0.4, 0.5) is 11.6 Å². The fourth-order valence-electron chi connectivity index (χ4n) is 2.79. The summed E-state index contributed by atoms with van der Waals surface area (Å²) in [5.41, 5.74) is 5.50. The fraction of sp³-hybridized carbons (Fsp3) is 0.150. The predicted octanol–water partition coefficient (Wildman–Crippen LogP) is 4.18. The number of nitrogens with zero attached hydrogens (tertiary/aromatic N) is 4. The maximum absolute atomic E-state index is 5.23. The number of anilines is 2. The molecule has 2 aromatic heterocycles. The molecule has 0 aliphatic heterocycles. The number of aromatic nitrogens is 4. The van der Waals surface area contributed by atoms with Crippen LogP contribution in [0, 0.1) is 13.8 Å². The van der Waals surface area contributed by atoms with Crippen molar-refractivity contribution in [1.29, 1.82) is 0 Å². The Morgan fingerprint density at radius 2 is 1.65 bits per heavy atom. The second-order valence-electron chi connectivity index (χ2n) is 6.11. The number of benzene rings is 2. The van der Waals surface area contributed by atoms with Gasteiger partial charge in [-0.2, -0.15) is 4.98 Å². The van der Waals surface area contributed by atoms with E-state index < -0.39 is 0 Å². The van der Waals surface area contributed by atoms with Gasteiger partial charge in [-0.05, 0) is 50.2 Å². The molecule has 0 saturated heterocycles. The minimum atomic E-state index is 0.550. The Morgan fingerprint density at radius 3 is 2.35 bits per heavy atom. The molecule has 0 unspecified atom stereocenters. The van der Waals surface area contributed by atoms with Crippen LogP contribution in [0.1, 0.15) is 11.3 Å². The van der Waals surface area contributed by atoms with Crippen LogP contribution < -0.4 is 10.1 Å². The highest BCUT2D eigenvalue weighted by atomic mass is 16.5. The van der Waals surface area contributed by atoms with E-state index in [0.717, 1.165) is 34.0 Å². The lowest BCUT2D eigenvalue weighted by molar-refractivity contribution is 0.415. The second kappa shape index (κ2) is 6.48. The van der Waals surface area contributed by atoms with E-state index in [0.29, 0.717) is 5.95 Å². The molecule has 0 saturated carbocycles. The van der Waals surface area contributed by atoms with Crippen LogP contribution in [0.25, 0.3) is 16.9 Å². The van der Waals surface area contributed by atoms with E-state index in [9.17, 15) is 0 Å². The van der Waals surface area contributed by atoms with E-state index in [4.69, 9.17) is 4.74 Å². The lowest BCUT2D eigenvalue weighted by Gasteiger charge is -2.09. The third-order valence-corrected chi connectivity index (χ3v) is 4.23. The van der Waals surface area contributed by atoms with Crippen LogP contribution in [-0.2, 0) is 0 Å². The zero-order valence-corrected chi connectivity index (χ0v) is 14.9. The normalized spacial score (nSPS) is 10.9. The van der Waals surface area contributed by atoms with Crippen LogP contribution >= 0.6 is 0 Å². The molecule has 1 N–H and O–H groups in total. The molecule has 6 heteroatoms. The molecule has 0 radical (unpaired) electrons. The first-order valence-electron chi connectivity index (χ1n) is 8.34. The van der Waals surface area contributed by atoms with E-state index >= 15 is 0 Å². The summed E-state index contributed by atoms with van der Waals surface area (Å²) in [7, 11) is 1.65. The monoisotopic (exact) mass is 345 g/mol. The maximum atomic E-state index is 5.23. The van der Waals surface area contributed by atoms with Gasteiger partial charge in [0.15, 0.2) is 5.65 Å². The van der Waals surface area contributed by atoms with E-state index in [1.165, 1.54) is 5.56 Å². The van der Waals surface area contributed by atoms with E-state index in [-0.39, 0.29) is 0 Å². The summed E-state index contributed by atoms with van der Waals surface area (Å²) in [5.74, 6) is 1.36. The second-order valence-corrected chi connectivity index (χ2v) is 6.11. The molecule has 4 aromatic rings. The van der Waals surface area contributed by atoms with Crippen molar-refractivity contribution >= 4 is 22.8 Å². The smallest absolute Gasteiger partial charge is 0.229 e. The maximum Gasteiger partial charge on any atom is 0.229 e. The first-order valence-corrected chi connectivity index (χ1v) is 8.34. The molecule has 4 rings (SSSR count). The average Bonchev–Trinajstić information content (AvgIpc) is 3.08. The third kappa shape index (κ3) is 2.97. The molecule has 0 bridgehead atoms. The molecule has 0 aliphatic carbocycles. The number of nitrogens with one attached hydrogen (secondary N) is 1. The van der Waals surface area contributed by atoms with Crippen molar-refractivity contribution in [2.45, 2.75) is 13.8 Å². The van der Waals surface area contributed by atoms with Crippen molar-refractivity contribution in [1.82, 2.24) is 19.5 Å². The first-order chi connectivity index (χ1) is 12.6. The minimum Gasteiger partial charge on any atom is -0.497 e. The molecule has 0 aliphatic rings. The number of imidazole rings is 1. The molecule has 26 heavy (non-hydrogen) atoms. The molecule has 0 fully saturated rings. The summed E-state index contributed by atoms with van der Waals surface area (Å²) in [6.45, 7) is 4.00. The van der Waals surface area contributed by atoms with E-state index in [2.05, 4.69) is 39.3 Å². The van der Waals surface area contributed by atoms with Gasteiger partial charge in [0.2, 0.25) is 5.95 Å². The lowest BCUT2D eigenvalue weighted by Crippen LogP contribution is -2.02. The number of methoxy groups -OCH3 is 1. The van der Waals surface area contributed by atoms with Gasteiger partial charge in [0.25, 0.3) is 0 Å². The zero-order chi connectivity index (χ0) is 18.1. The van der Waals surface area contributed by atoms with E-state index in [1.807, 2.05) is 47.9 Å². The zero-order valence-electron chi connectivity index (χ0n) is 14.9. The molecule has 2 heterocycles. The van der Waals surface area contributed by atoms with Crippen molar-refractivity contribution in [2.75, 3.05) is 12.4 Å². The van der Waals surface area contributed by atoms with Gasteiger partial charge < -0.3 is 10.1 Å². The van der Waals surface area contributed by atoms with Crippen molar-refractivity contribution < 1.29 is 4.74 Å². The summed E-state index contributed by atoms with van der Waals surface area (Å²) in [5, 5.41) is 3.27. The molecule has 2 aromatic carbocycles. The van der Waals surface area contributed by atoms with Crippen molar-refractivity contribution in [3.05, 3.63) is 66.1 Å². The Morgan fingerprint density at radius 1 is 0.923 bits per heavy atom. The predicted molar refractivity (Wildman–Crippen MR) is 102 cm³/mol. The van der Waals surface area contributed by atoms with Crippen LogP contribution in [0.5, 0.6) is 5.75 Å². The van der Waals surface area contributed by atoms with E-state index in [1.54, 1.807) is 13.4 Å². The molecular weight excluding hydrogens is 326 g/mol. The molecule has 130 valence electrons. The van der Waals surface area contributed by atoms with Gasteiger partial charge >= 0.3 is 0 Å². The Kier molecular flexibility index (Phi) is 4.01. The first kappa shape index (κ1) is 16.1. The molecule has 0 spiro atoms. The average molecular weight is 345 g/mol. The standard InChI is InChI=1S/C20H19N5O/c1-13-4-6-15(7-5-13)23-20-22-14(2)18-19(24-20)25(12-21-18)16-8-10-17(26-3)11-9-16/h4-12H,1-3H3,(H,22,23,24). The number of rotatable bonds is 4. The number of fused-ring (bicyclic) bond motifs is 1. The highest BCUT2D eigenvalue weighted by molar-refractivity contribution is 5.77. The number of aryl methyl sites for hydroxylation is 2. The molecular formula is C20H19N5O. The Balaban J connectivity index is 1.75. The largest absolute Gasteiger partial charge is 0.497 e. The molecule has 6 nitrogen and oxygen atoms in total. The highest BCUT2D eigenvalue weighted by Gasteiger charge is 2.12. The summed E-state index contributed by atoms with van der Waals surface area (Å²) >= 11 is 0. The number of ether oxygens (including phenoxy) is 1. The number of hydrogen-bond acceptors (Lipinski definition) is 5. The highest BCUT2D eigenvalue weighted by Crippen LogP contribution is 2.23. The minimum absolute atomic E-state index is 0.550. The van der Waals surface area contributed by atoms with Gasteiger partial charge in [-0.25, -0.2) is 9.97 Å². The topological polar surface area (TPSA) is 64.9 Å². The van der Waals surface area contributed by atoms with Gasteiger partial charge in [0, 0.05) is 11.4 Å². The van der Waals surface area contributed by atoms with Gasteiger partial charge in [-0.1, -0.05) is 17.7 Å². The molecule has 0 atom stereocenters. The van der Waals surface area contributed by atoms with Crippen molar-refractivity contribution in [2.24, 2.45) is 0 Å². The summed E-state index contributed by atoms with van der Waals surface area (Å²) in [4.78, 5) is 13.7. The van der Waals surface area contributed by atoms with Gasteiger partial charge in [-0.15, -0.1) is 0 Å². The molecule has 0 amide bonds. The van der Waals surface area contributed by atoms with Crippen LogP contribution in [0.2, 0.25) is 0 Å². The van der Waals surface area contributed by atoms with Crippen molar-refractivity contribution in [3.8, 4) is 11.4 Å². The van der Waals surface area contributed by atoms with Crippen molar-refractivity contribution in [3.63, 3.8) is 0 Å². The Labute approximate surface area is 151 Å². The fourth-order valence-corrected chi connectivity index (χ4v) is 2.79. The SMILES string of the molecule is COc1ccc(-n2cnc3c(C)nc(Nc4ccc(C)cc4)nc32)cc1. The van der Waals surface area contributed by atoms with Gasteiger partial charge in [0.1, 0.15) is 17.6 Å². The van der Waals surface area contributed by atoms with Crippen LogP contribution in [0.3, 0.4) is 0 Å². The number of hydrogen-bond donors (Lipinski definition) is 1. The van der Waals surface area contributed by atoms with Gasteiger partial charge in [-0.3, -0.25) is 4.57 Å². The summed E-state index contributed by atoms with van der Waals surface area (Å²) in [6.07, 6.45) is 1.77. The Hall–Kier alpha value is -3.41. The Bertz CT molecular complexity index is 1050. The summed E-state index contributed by atoms with van der Waals surface area (Å²) in [6, 6.07) is 15.9. The quantitative estimate of drug-likeness (QED) is 0.601. The lowest BCUT2D eigenvalue weighted by atomic mass is 10.2. The third-order valence-electron chi connectivity index (χ3n) is 4.23. The van der Waals surface area contributed by atoms with Gasteiger partial charge in [0.05, 0.1) is 12.8 Å².